The molecule has 0 spiro atoms. The third-order valence-corrected chi connectivity index (χ3v) is 3.21. The van der Waals surface area contributed by atoms with E-state index in [4.69, 9.17) is 0 Å². The molecule has 0 saturated heterocycles. The molecule has 0 aromatic rings. The summed E-state index contributed by atoms with van der Waals surface area (Å²) in [6.07, 6.45) is 7.53. The molecule has 0 unspecified atom stereocenters. The fraction of sp³-hybridized carbons (Fsp3) is 1.00. The normalized spacial score (nSPS) is 20.8. The fourth-order valence-electron chi connectivity index (χ4n) is 2.17. The molecule has 1 aliphatic carbocycles. The second kappa shape index (κ2) is 5.61. The van der Waals surface area contributed by atoms with Crippen LogP contribution in [0.3, 0.4) is 0 Å². The van der Waals surface area contributed by atoms with Gasteiger partial charge in [0.1, 0.15) is 0 Å². The number of unbranched alkanes of at least 4 members (excludes halogenated alkanes) is 1. The van der Waals surface area contributed by atoms with Gasteiger partial charge < -0.3 is 10.4 Å². The smallest absolute Gasteiger partial charge is 0.0499 e. The molecule has 0 aromatic heterocycles. The predicted molar refractivity (Wildman–Crippen MR) is 55.8 cm³/mol. The lowest BCUT2D eigenvalue weighted by Crippen LogP contribution is -2.35. The van der Waals surface area contributed by atoms with Crippen molar-refractivity contribution in [2.75, 3.05) is 19.7 Å². The van der Waals surface area contributed by atoms with Crippen LogP contribution in [-0.2, 0) is 0 Å². The SMILES string of the molecule is CCCCNCC1(CO)CCCC1. The molecule has 1 fully saturated rings. The van der Waals surface area contributed by atoms with Gasteiger partial charge in [-0.25, -0.2) is 0 Å². The van der Waals surface area contributed by atoms with Crippen LogP contribution in [0.5, 0.6) is 0 Å². The summed E-state index contributed by atoms with van der Waals surface area (Å²) >= 11 is 0. The first kappa shape index (κ1) is 11.0. The molecule has 0 radical (unpaired) electrons. The minimum absolute atomic E-state index is 0.230. The van der Waals surface area contributed by atoms with E-state index in [9.17, 15) is 5.11 Å². The lowest BCUT2D eigenvalue weighted by atomic mass is 9.87. The van der Waals surface area contributed by atoms with Crippen molar-refractivity contribution in [3.8, 4) is 0 Å². The Balaban J connectivity index is 2.16. The highest BCUT2D eigenvalue weighted by Gasteiger charge is 2.32. The molecular weight excluding hydrogens is 162 g/mol. The van der Waals surface area contributed by atoms with Crippen molar-refractivity contribution >= 4 is 0 Å². The predicted octanol–water partition coefficient (Wildman–Crippen LogP) is 1.93. The topological polar surface area (TPSA) is 32.3 Å². The largest absolute Gasteiger partial charge is 0.396 e. The van der Waals surface area contributed by atoms with E-state index in [-0.39, 0.29) is 5.41 Å². The van der Waals surface area contributed by atoms with Crippen LogP contribution >= 0.6 is 0 Å². The summed E-state index contributed by atoms with van der Waals surface area (Å²) in [5.74, 6) is 0. The third kappa shape index (κ3) is 3.28. The maximum absolute atomic E-state index is 9.33. The van der Waals surface area contributed by atoms with Crippen LogP contribution in [0, 0.1) is 5.41 Å². The first-order chi connectivity index (χ1) is 6.33. The highest BCUT2D eigenvalue weighted by atomic mass is 16.3. The number of hydrogen-bond acceptors (Lipinski definition) is 2. The Hall–Kier alpha value is -0.0800. The van der Waals surface area contributed by atoms with Gasteiger partial charge in [-0.05, 0) is 25.8 Å². The zero-order chi connectivity index (χ0) is 9.57. The fourth-order valence-corrected chi connectivity index (χ4v) is 2.17. The molecule has 0 atom stereocenters. The van der Waals surface area contributed by atoms with Crippen molar-refractivity contribution in [1.82, 2.24) is 5.32 Å². The Labute approximate surface area is 81.7 Å². The van der Waals surface area contributed by atoms with Crippen LogP contribution in [0.2, 0.25) is 0 Å². The van der Waals surface area contributed by atoms with E-state index in [1.165, 1.54) is 38.5 Å². The molecule has 1 saturated carbocycles. The van der Waals surface area contributed by atoms with Crippen LogP contribution in [0.4, 0.5) is 0 Å². The number of aliphatic hydroxyl groups excluding tert-OH is 1. The van der Waals surface area contributed by atoms with E-state index in [0.29, 0.717) is 6.61 Å². The molecule has 13 heavy (non-hydrogen) atoms. The molecular formula is C11H23NO. The van der Waals surface area contributed by atoms with Gasteiger partial charge in [0.2, 0.25) is 0 Å². The van der Waals surface area contributed by atoms with E-state index in [1.807, 2.05) is 0 Å². The van der Waals surface area contributed by atoms with Crippen molar-refractivity contribution < 1.29 is 5.11 Å². The first-order valence-corrected chi connectivity index (χ1v) is 5.64. The van der Waals surface area contributed by atoms with Gasteiger partial charge in [0.15, 0.2) is 0 Å². The third-order valence-electron chi connectivity index (χ3n) is 3.21. The quantitative estimate of drug-likeness (QED) is 0.620. The maximum atomic E-state index is 9.33. The van der Waals surface area contributed by atoms with E-state index < -0.39 is 0 Å². The van der Waals surface area contributed by atoms with Gasteiger partial charge in [0.25, 0.3) is 0 Å². The molecule has 0 aromatic carbocycles. The Kier molecular flexibility index (Phi) is 4.74. The Morgan fingerprint density at radius 2 is 2.00 bits per heavy atom. The molecule has 0 bridgehead atoms. The Morgan fingerprint density at radius 1 is 1.31 bits per heavy atom. The Bertz CT molecular complexity index is 130. The minimum atomic E-state index is 0.230. The van der Waals surface area contributed by atoms with E-state index in [1.54, 1.807) is 0 Å². The van der Waals surface area contributed by atoms with E-state index in [0.717, 1.165) is 13.1 Å². The minimum Gasteiger partial charge on any atom is -0.396 e. The van der Waals surface area contributed by atoms with Crippen molar-refractivity contribution in [1.29, 1.82) is 0 Å². The van der Waals surface area contributed by atoms with Crippen LogP contribution in [0.15, 0.2) is 0 Å². The monoisotopic (exact) mass is 185 g/mol. The van der Waals surface area contributed by atoms with Crippen molar-refractivity contribution in [2.24, 2.45) is 5.41 Å². The second-order valence-corrected chi connectivity index (χ2v) is 4.40. The molecule has 78 valence electrons. The molecule has 0 heterocycles. The second-order valence-electron chi connectivity index (χ2n) is 4.40. The number of hydrogen-bond donors (Lipinski definition) is 2. The number of rotatable bonds is 6. The summed E-state index contributed by atoms with van der Waals surface area (Å²) in [4.78, 5) is 0. The summed E-state index contributed by atoms with van der Waals surface area (Å²) in [6.45, 7) is 4.70. The van der Waals surface area contributed by atoms with E-state index in [2.05, 4.69) is 12.2 Å². The molecule has 1 rings (SSSR count). The molecule has 2 heteroatoms. The average Bonchev–Trinajstić information content (AvgIpc) is 2.62. The van der Waals surface area contributed by atoms with Crippen LogP contribution in [0.25, 0.3) is 0 Å². The van der Waals surface area contributed by atoms with Gasteiger partial charge in [-0.3, -0.25) is 0 Å². The summed E-state index contributed by atoms with van der Waals surface area (Å²) in [5, 5.41) is 12.8. The zero-order valence-electron chi connectivity index (χ0n) is 8.81. The molecule has 0 amide bonds. The van der Waals surface area contributed by atoms with Gasteiger partial charge in [-0.2, -0.15) is 0 Å². The summed E-state index contributed by atoms with van der Waals surface area (Å²) in [7, 11) is 0. The summed E-state index contributed by atoms with van der Waals surface area (Å²) in [5.41, 5.74) is 0.230. The zero-order valence-corrected chi connectivity index (χ0v) is 8.81. The summed E-state index contributed by atoms with van der Waals surface area (Å²) < 4.78 is 0. The number of nitrogens with one attached hydrogen (secondary N) is 1. The van der Waals surface area contributed by atoms with Crippen LogP contribution < -0.4 is 5.32 Å². The standard InChI is InChI=1S/C11H23NO/c1-2-3-8-12-9-11(10-13)6-4-5-7-11/h12-13H,2-10H2,1H3. The molecule has 2 N–H and O–H groups in total. The first-order valence-electron chi connectivity index (χ1n) is 5.64. The summed E-state index contributed by atoms with van der Waals surface area (Å²) in [6, 6.07) is 0. The number of aliphatic hydroxyl groups is 1. The van der Waals surface area contributed by atoms with Crippen molar-refractivity contribution in [3.63, 3.8) is 0 Å². The molecule has 2 nitrogen and oxygen atoms in total. The van der Waals surface area contributed by atoms with E-state index >= 15 is 0 Å². The van der Waals surface area contributed by atoms with Gasteiger partial charge in [-0.15, -0.1) is 0 Å². The van der Waals surface area contributed by atoms with Crippen LogP contribution in [0.1, 0.15) is 45.4 Å². The Morgan fingerprint density at radius 3 is 2.54 bits per heavy atom. The van der Waals surface area contributed by atoms with Crippen LogP contribution in [-0.4, -0.2) is 24.8 Å². The van der Waals surface area contributed by atoms with Gasteiger partial charge in [-0.1, -0.05) is 26.2 Å². The van der Waals surface area contributed by atoms with Gasteiger partial charge in [0.05, 0.1) is 0 Å². The van der Waals surface area contributed by atoms with Crippen molar-refractivity contribution in [2.45, 2.75) is 45.4 Å². The lowest BCUT2D eigenvalue weighted by Gasteiger charge is -2.26. The molecule has 1 aliphatic rings. The average molecular weight is 185 g/mol. The van der Waals surface area contributed by atoms with Crippen molar-refractivity contribution in [3.05, 3.63) is 0 Å². The highest BCUT2D eigenvalue weighted by molar-refractivity contribution is 4.85. The highest BCUT2D eigenvalue weighted by Crippen LogP contribution is 2.36. The molecule has 0 aliphatic heterocycles. The lowest BCUT2D eigenvalue weighted by molar-refractivity contribution is 0.128. The maximum Gasteiger partial charge on any atom is 0.0499 e. The van der Waals surface area contributed by atoms with Gasteiger partial charge in [0, 0.05) is 18.6 Å². The van der Waals surface area contributed by atoms with Gasteiger partial charge >= 0.3 is 0 Å².